The van der Waals surface area contributed by atoms with E-state index in [0.29, 0.717) is 10.7 Å². The van der Waals surface area contributed by atoms with Crippen molar-refractivity contribution in [2.24, 2.45) is 0 Å². The molecule has 0 atom stereocenters. The number of thiazole rings is 1. The predicted octanol–water partition coefficient (Wildman–Crippen LogP) is 3.40. The molecule has 0 spiro atoms. The Bertz CT molecular complexity index is 1450. The first-order chi connectivity index (χ1) is 18.5. The number of aliphatic hydroxyl groups is 1. The van der Waals surface area contributed by atoms with Gasteiger partial charge in [0.05, 0.1) is 28.9 Å². The number of amides is 2. The SMILES string of the molecule is CO.C[B]n1ccc(C(=O)NCC(=O)Nc2nc(-c3cccc(-c4ccnc(C5(C=O)CC5)c4)c3)cs2)c1. The van der Waals surface area contributed by atoms with Crippen LogP contribution in [0.3, 0.4) is 0 Å². The standard InChI is InChI=1S/C26H23BN5O3S.CH4O/c1-27-32-10-6-20(14-32)24(35)29-13-23(34)31-25-30-21(15-36-25)19-4-2-3-17(11-19)18-5-9-28-22(12-18)26(16-33)7-8-26;1-2/h2-6,9-12,14-16H,7-8,13H2,1H3,(H,29,35)(H,30,31,34);2H,1H3. The molecule has 5 rings (SSSR count). The van der Waals surface area contributed by atoms with Crippen LogP contribution in [-0.4, -0.2) is 58.7 Å². The van der Waals surface area contributed by atoms with Crippen LogP contribution in [-0.2, 0) is 15.0 Å². The van der Waals surface area contributed by atoms with Gasteiger partial charge in [-0.1, -0.05) is 25.0 Å². The van der Waals surface area contributed by atoms with Crippen molar-refractivity contribution in [1.29, 1.82) is 0 Å². The van der Waals surface area contributed by atoms with E-state index in [2.05, 4.69) is 20.6 Å². The number of nitrogens with zero attached hydrogens (tertiary/aromatic N) is 3. The van der Waals surface area contributed by atoms with Gasteiger partial charge in [0, 0.05) is 30.4 Å². The highest BCUT2D eigenvalue weighted by molar-refractivity contribution is 7.14. The molecule has 9 nitrogen and oxygen atoms in total. The van der Waals surface area contributed by atoms with Crippen LogP contribution in [0.25, 0.3) is 22.4 Å². The Labute approximate surface area is 225 Å². The molecule has 1 aliphatic rings. The third-order valence-corrected chi connectivity index (χ3v) is 6.97. The zero-order chi connectivity index (χ0) is 27.1. The molecule has 38 heavy (non-hydrogen) atoms. The minimum Gasteiger partial charge on any atom is -0.402 e. The Morgan fingerprint density at radius 3 is 2.63 bits per heavy atom. The molecule has 2 amide bonds. The lowest BCUT2D eigenvalue weighted by molar-refractivity contribution is -0.115. The molecule has 0 unspecified atom stereocenters. The Balaban J connectivity index is 0.00000164. The number of rotatable bonds is 9. The number of aldehydes is 1. The molecule has 1 saturated carbocycles. The number of pyridine rings is 1. The van der Waals surface area contributed by atoms with Crippen molar-refractivity contribution in [2.75, 3.05) is 19.0 Å². The van der Waals surface area contributed by atoms with Gasteiger partial charge in [-0.3, -0.25) is 14.6 Å². The second kappa shape index (κ2) is 12.0. The molecule has 1 radical (unpaired) electrons. The molecule has 0 aliphatic heterocycles. The van der Waals surface area contributed by atoms with E-state index in [9.17, 15) is 14.4 Å². The summed E-state index contributed by atoms with van der Waals surface area (Å²) >= 11 is 1.32. The van der Waals surface area contributed by atoms with Gasteiger partial charge in [-0.05, 0) is 54.4 Å². The van der Waals surface area contributed by atoms with E-state index in [1.54, 1.807) is 29.1 Å². The lowest BCUT2D eigenvalue weighted by atomic mass is 9.98. The van der Waals surface area contributed by atoms with E-state index in [0.717, 1.165) is 54.3 Å². The van der Waals surface area contributed by atoms with Gasteiger partial charge in [0.25, 0.3) is 5.91 Å². The lowest BCUT2D eigenvalue weighted by Crippen LogP contribution is -2.32. The third kappa shape index (κ3) is 6.07. The molecule has 0 saturated heterocycles. The van der Waals surface area contributed by atoms with Crippen molar-refractivity contribution < 1.29 is 19.5 Å². The molecule has 1 aromatic carbocycles. The summed E-state index contributed by atoms with van der Waals surface area (Å²) in [6, 6.07) is 13.5. The summed E-state index contributed by atoms with van der Waals surface area (Å²) in [5, 5.41) is 14.7. The van der Waals surface area contributed by atoms with Crippen molar-refractivity contribution >= 4 is 42.0 Å². The fourth-order valence-electron chi connectivity index (χ4n) is 3.91. The number of hydrogen-bond acceptors (Lipinski definition) is 7. The van der Waals surface area contributed by atoms with Gasteiger partial charge in [0.1, 0.15) is 6.29 Å². The highest BCUT2D eigenvalue weighted by Crippen LogP contribution is 2.46. The molecule has 3 heterocycles. The minimum absolute atomic E-state index is 0.156. The van der Waals surface area contributed by atoms with Crippen molar-refractivity contribution in [3.05, 3.63) is 77.7 Å². The molecule has 3 aromatic heterocycles. The van der Waals surface area contributed by atoms with Gasteiger partial charge in [-0.2, -0.15) is 0 Å². The Kier molecular flexibility index (Phi) is 8.50. The Morgan fingerprint density at radius 1 is 1.16 bits per heavy atom. The molecule has 11 heteroatoms. The van der Waals surface area contributed by atoms with Crippen LogP contribution in [0.5, 0.6) is 0 Å². The summed E-state index contributed by atoms with van der Waals surface area (Å²) in [7, 11) is 2.82. The second-order valence-corrected chi connectivity index (χ2v) is 9.52. The summed E-state index contributed by atoms with van der Waals surface area (Å²) in [5.74, 6) is -0.671. The van der Waals surface area contributed by atoms with E-state index >= 15 is 0 Å². The van der Waals surface area contributed by atoms with Crippen molar-refractivity contribution in [1.82, 2.24) is 19.8 Å². The molecule has 0 bridgehead atoms. The normalized spacial score (nSPS) is 13.0. The number of benzene rings is 1. The van der Waals surface area contributed by atoms with E-state index in [-0.39, 0.29) is 18.4 Å². The summed E-state index contributed by atoms with van der Waals surface area (Å²) in [6.07, 6.45) is 7.89. The predicted molar refractivity (Wildman–Crippen MR) is 148 cm³/mol. The molecular formula is C27H27BN5O4S. The fraction of sp³-hybridized carbons (Fsp3) is 0.222. The number of carbonyl (C=O) groups excluding carboxylic acids is 3. The van der Waals surface area contributed by atoms with Crippen LogP contribution in [0.1, 0.15) is 28.9 Å². The molecule has 4 aromatic rings. The third-order valence-electron chi connectivity index (χ3n) is 6.21. The van der Waals surface area contributed by atoms with Crippen molar-refractivity contribution in [3.63, 3.8) is 0 Å². The fourth-order valence-corrected chi connectivity index (χ4v) is 4.64. The number of aliphatic hydroxyl groups excluding tert-OH is 1. The van der Waals surface area contributed by atoms with Crippen LogP contribution in [0.2, 0.25) is 6.82 Å². The van der Waals surface area contributed by atoms with Crippen LogP contribution in [0, 0.1) is 0 Å². The maximum absolute atomic E-state index is 12.3. The van der Waals surface area contributed by atoms with Gasteiger partial charge in [-0.15, -0.1) is 11.3 Å². The number of carbonyl (C=O) groups is 3. The maximum Gasteiger partial charge on any atom is 0.253 e. The smallest absolute Gasteiger partial charge is 0.253 e. The van der Waals surface area contributed by atoms with Crippen LogP contribution in [0.4, 0.5) is 5.13 Å². The summed E-state index contributed by atoms with van der Waals surface area (Å²) in [5.41, 5.74) is 4.50. The summed E-state index contributed by atoms with van der Waals surface area (Å²) < 4.78 is 1.77. The van der Waals surface area contributed by atoms with Crippen LogP contribution < -0.4 is 10.6 Å². The second-order valence-electron chi connectivity index (χ2n) is 8.66. The highest BCUT2D eigenvalue weighted by Gasteiger charge is 2.45. The number of nitrogens with one attached hydrogen (secondary N) is 2. The largest absolute Gasteiger partial charge is 0.402 e. The highest BCUT2D eigenvalue weighted by atomic mass is 32.1. The lowest BCUT2D eigenvalue weighted by Gasteiger charge is -2.09. The van der Waals surface area contributed by atoms with E-state index in [1.807, 2.05) is 56.0 Å². The van der Waals surface area contributed by atoms with Gasteiger partial charge in [-0.25, -0.2) is 4.98 Å². The zero-order valence-electron chi connectivity index (χ0n) is 21.0. The Morgan fingerprint density at radius 2 is 1.92 bits per heavy atom. The van der Waals surface area contributed by atoms with Crippen molar-refractivity contribution in [2.45, 2.75) is 25.1 Å². The van der Waals surface area contributed by atoms with Crippen molar-refractivity contribution in [3.8, 4) is 22.4 Å². The molecule has 3 N–H and O–H groups in total. The van der Waals surface area contributed by atoms with E-state index in [4.69, 9.17) is 5.11 Å². The Hall–Kier alpha value is -4.09. The first kappa shape index (κ1) is 27.0. The minimum atomic E-state index is -0.422. The first-order valence-electron chi connectivity index (χ1n) is 12.0. The first-order valence-corrected chi connectivity index (χ1v) is 12.9. The topological polar surface area (TPSA) is 126 Å². The average molecular weight is 528 g/mol. The molecule has 1 aliphatic carbocycles. The van der Waals surface area contributed by atoms with Gasteiger partial charge >= 0.3 is 0 Å². The van der Waals surface area contributed by atoms with Crippen LogP contribution in [0.15, 0.2) is 66.4 Å². The summed E-state index contributed by atoms with van der Waals surface area (Å²) in [6.45, 7) is 1.71. The average Bonchev–Trinajstić information content (AvgIpc) is 3.37. The van der Waals surface area contributed by atoms with Crippen LogP contribution >= 0.6 is 11.3 Å². The molecule has 193 valence electrons. The van der Waals surface area contributed by atoms with E-state index in [1.165, 1.54) is 11.3 Å². The number of hydrogen-bond donors (Lipinski definition) is 3. The van der Waals surface area contributed by atoms with Gasteiger partial charge in [0.15, 0.2) is 5.13 Å². The summed E-state index contributed by atoms with van der Waals surface area (Å²) in [4.78, 5) is 45.0. The van der Waals surface area contributed by atoms with Gasteiger partial charge in [0.2, 0.25) is 13.3 Å². The number of anilines is 1. The van der Waals surface area contributed by atoms with E-state index < -0.39 is 5.41 Å². The quantitative estimate of drug-likeness (QED) is 0.226. The zero-order valence-corrected chi connectivity index (χ0v) is 21.9. The molecule has 1 fully saturated rings. The number of aromatic nitrogens is 3. The molecular weight excluding hydrogens is 501 g/mol. The monoisotopic (exact) mass is 528 g/mol. The van der Waals surface area contributed by atoms with Gasteiger partial charge < -0.3 is 25.0 Å². The maximum atomic E-state index is 12.3.